The number of halogens is 1. The molecule has 0 aliphatic carbocycles. The number of thioether (sulfide) groups is 1. The van der Waals surface area contributed by atoms with Gasteiger partial charge in [0.15, 0.2) is 0 Å². The van der Waals surface area contributed by atoms with Gasteiger partial charge in [-0.1, -0.05) is 66.2 Å². The van der Waals surface area contributed by atoms with Crippen molar-refractivity contribution in [1.29, 1.82) is 0 Å². The van der Waals surface area contributed by atoms with E-state index in [1.165, 1.54) is 23.9 Å². The second-order valence-electron chi connectivity index (χ2n) is 10.0. The van der Waals surface area contributed by atoms with E-state index in [-0.39, 0.29) is 29.8 Å². The minimum absolute atomic E-state index is 0.0255. The standard InChI is InChI=1S/C29H32ClN3O4S/c1-29(2,3)31-28(35)26(17-21-7-5-4-6-8-21)32(18-22-9-13-24(30)14-10-22)27(34)20-38-19-23-11-15-25(16-12-23)33(36)37/h4-16,26H,17-20H2,1-3H3,(H,31,35)/t26-/m1/s1. The first-order chi connectivity index (χ1) is 18.0. The highest BCUT2D eigenvalue weighted by atomic mass is 35.5. The van der Waals surface area contributed by atoms with Gasteiger partial charge < -0.3 is 10.2 Å². The van der Waals surface area contributed by atoms with Gasteiger partial charge in [-0.05, 0) is 49.6 Å². The average molecular weight is 554 g/mol. The monoisotopic (exact) mass is 553 g/mol. The highest BCUT2D eigenvalue weighted by Crippen LogP contribution is 2.21. The predicted octanol–water partition coefficient (Wildman–Crippen LogP) is 6.04. The molecule has 1 atom stereocenters. The number of nitrogens with zero attached hydrogens (tertiary/aromatic N) is 2. The number of non-ortho nitro benzene ring substituents is 1. The second kappa shape index (κ2) is 13.4. The fraction of sp³-hybridized carbons (Fsp3) is 0.310. The Hall–Kier alpha value is -3.36. The molecule has 200 valence electrons. The number of benzene rings is 3. The van der Waals surface area contributed by atoms with Crippen LogP contribution in [0.3, 0.4) is 0 Å². The Bertz CT molecular complexity index is 1230. The number of nitro benzene ring substituents is 1. The van der Waals surface area contributed by atoms with Gasteiger partial charge in [0.05, 0.1) is 10.7 Å². The van der Waals surface area contributed by atoms with Crippen molar-refractivity contribution < 1.29 is 14.5 Å². The van der Waals surface area contributed by atoms with Crippen LogP contribution < -0.4 is 5.32 Å². The minimum atomic E-state index is -0.722. The van der Waals surface area contributed by atoms with Gasteiger partial charge in [-0.2, -0.15) is 0 Å². The van der Waals surface area contributed by atoms with E-state index in [0.717, 1.165) is 16.7 Å². The van der Waals surface area contributed by atoms with Crippen molar-refractivity contribution in [2.45, 2.75) is 51.1 Å². The van der Waals surface area contributed by atoms with Crippen LogP contribution in [0.5, 0.6) is 0 Å². The molecule has 0 aliphatic heterocycles. The summed E-state index contributed by atoms with van der Waals surface area (Å²) < 4.78 is 0. The van der Waals surface area contributed by atoms with Crippen LogP contribution in [0.15, 0.2) is 78.9 Å². The fourth-order valence-electron chi connectivity index (χ4n) is 3.85. The molecule has 0 heterocycles. The van der Waals surface area contributed by atoms with Crippen molar-refractivity contribution in [2.75, 3.05) is 5.75 Å². The number of nitro groups is 1. The van der Waals surface area contributed by atoms with Gasteiger partial charge in [-0.15, -0.1) is 11.8 Å². The van der Waals surface area contributed by atoms with Gasteiger partial charge in [0.2, 0.25) is 11.8 Å². The molecule has 38 heavy (non-hydrogen) atoms. The zero-order valence-electron chi connectivity index (χ0n) is 21.7. The molecular weight excluding hydrogens is 522 g/mol. The van der Waals surface area contributed by atoms with Crippen LogP contribution in [0, 0.1) is 10.1 Å². The minimum Gasteiger partial charge on any atom is -0.350 e. The number of hydrogen-bond acceptors (Lipinski definition) is 5. The first-order valence-electron chi connectivity index (χ1n) is 12.2. The third-order valence-electron chi connectivity index (χ3n) is 5.68. The maximum absolute atomic E-state index is 13.7. The summed E-state index contributed by atoms with van der Waals surface area (Å²) in [6.45, 7) is 5.99. The molecule has 3 aromatic rings. The van der Waals surface area contributed by atoms with E-state index >= 15 is 0 Å². The van der Waals surface area contributed by atoms with E-state index in [2.05, 4.69) is 5.32 Å². The molecule has 7 nitrogen and oxygen atoms in total. The van der Waals surface area contributed by atoms with Crippen molar-refractivity contribution in [3.8, 4) is 0 Å². The normalized spacial score (nSPS) is 12.0. The quantitative estimate of drug-likeness (QED) is 0.231. The van der Waals surface area contributed by atoms with Crippen molar-refractivity contribution in [3.63, 3.8) is 0 Å². The Morgan fingerprint density at radius 1 is 0.947 bits per heavy atom. The summed E-state index contributed by atoms with van der Waals surface area (Å²) in [5, 5.41) is 14.6. The Morgan fingerprint density at radius 3 is 2.13 bits per heavy atom. The summed E-state index contributed by atoms with van der Waals surface area (Å²) in [5.74, 6) is 0.273. The summed E-state index contributed by atoms with van der Waals surface area (Å²) in [5.41, 5.74) is 2.26. The summed E-state index contributed by atoms with van der Waals surface area (Å²) in [6, 6.07) is 22.5. The third kappa shape index (κ3) is 9.19. The lowest BCUT2D eigenvalue weighted by Gasteiger charge is -2.34. The third-order valence-corrected chi connectivity index (χ3v) is 6.92. The summed E-state index contributed by atoms with van der Waals surface area (Å²) in [4.78, 5) is 39.3. The van der Waals surface area contributed by atoms with Crippen molar-refractivity contribution in [3.05, 3.63) is 111 Å². The second-order valence-corrected chi connectivity index (χ2v) is 11.4. The van der Waals surface area contributed by atoms with Crippen LogP contribution in [0.25, 0.3) is 0 Å². The SMILES string of the molecule is CC(C)(C)NC(=O)[C@@H](Cc1ccccc1)N(Cc1ccc(Cl)cc1)C(=O)CSCc1ccc([N+](=O)[O-])cc1. The van der Waals surface area contributed by atoms with Gasteiger partial charge in [0.25, 0.3) is 5.69 Å². The first-order valence-corrected chi connectivity index (χ1v) is 13.8. The largest absolute Gasteiger partial charge is 0.350 e. The van der Waals surface area contributed by atoms with E-state index in [0.29, 0.717) is 17.2 Å². The summed E-state index contributed by atoms with van der Waals surface area (Å²) in [7, 11) is 0. The van der Waals surface area contributed by atoms with E-state index in [1.807, 2.05) is 63.2 Å². The van der Waals surface area contributed by atoms with Crippen molar-refractivity contribution in [2.24, 2.45) is 0 Å². The van der Waals surface area contributed by atoms with Gasteiger partial charge in [0.1, 0.15) is 6.04 Å². The average Bonchev–Trinajstić information content (AvgIpc) is 2.87. The lowest BCUT2D eigenvalue weighted by atomic mass is 10.0. The lowest BCUT2D eigenvalue weighted by Crippen LogP contribution is -2.54. The molecule has 0 spiro atoms. The lowest BCUT2D eigenvalue weighted by molar-refractivity contribution is -0.384. The molecule has 1 N–H and O–H groups in total. The Morgan fingerprint density at radius 2 is 1.55 bits per heavy atom. The van der Waals surface area contributed by atoms with E-state index < -0.39 is 16.5 Å². The van der Waals surface area contributed by atoms with Gasteiger partial charge in [-0.3, -0.25) is 19.7 Å². The van der Waals surface area contributed by atoms with E-state index in [4.69, 9.17) is 11.6 Å². The maximum Gasteiger partial charge on any atom is 0.269 e. The highest BCUT2D eigenvalue weighted by molar-refractivity contribution is 7.99. The van der Waals surface area contributed by atoms with Crippen LogP contribution in [0.2, 0.25) is 5.02 Å². The zero-order chi connectivity index (χ0) is 27.7. The Balaban J connectivity index is 1.83. The first kappa shape index (κ1) is 29.2. The topological polar surface area (TPSA) is 92.6 Å². The molecule has 0 radical (unpaired) electrons. The Kier molecular flexibility index (Phi) is 10.3. The van der Waals surface area contributed by atoms with Gasteiger partial charge in [-0.25, -0.2) is 0 Å². The molecule has 0 saturated carbocycles. The number of nitrogens with one attached hydrogen (secondary N) is 1. The van der Waals surface area contributed by atoms with Crippen molar-refractivity contribution >= 4 is 40.9 Å². The molecule has 2 amide bonds. The van der Waals surface area contributed by atoms with E-state index in [9.17, 15) is 19.7 Å². The highest BCUT2D eigenvalue weighted by Gasteiger charge is 2.32. The van der Waals surface area contributed by atoms with Crippen LogP contribution in [0.4, 0.5) is 5.69 Å². The van der Waals surface area contributed by atoms with Crippen molar-refractivity contribution in [1.82, 2.24) is 10.2 Å². The van der Waals surface area contributed by atoms with Gasteiger partial charge in [0, 0.05) is 41.4 Å². The van der Waals surface area contributed by atoms with Gasteiger partial charge >= 0.3 is 0 Å². The zero-order valence-corrected chi connectivity index (χ0v) is 23.3. The number of carbonyl (C=O) groups is 2. The molecule has 0 aromatic heterocycles. The smallest absolute Gasteiger partial charge is 0.269 e. The maximum atomic E-state index is 13.7. The molecule has 0 saturated heterocycles. The fourth-order valence-corrected chi connectivity index (χ4v) is 4.84. The number of rotatable bonds is 11. The van der Waals surface area contributed by atoms with Crippen LogP contribution in [-0.4, -0.2) is 39.0 Å². The number of hydrogen-bond donors (Lipinski definition) is 1. The summed E-state index contributed by atoms with van der Waals surface area (Å²) in [6.07, 6.45) is 0.370. The molecular formula is C29H32ClN3O4S. The predicted molar refractivity (Wildman–Crippen MR) is 153 cm³/mol. The Labute approximate surface area is 232 Å². The molecule has 0 bridgehead atoms. The molecule has 0 unspecified atom stereocenters. The summed E-state index contributed by atoms with van der Waals surface area (Å²) >= 11 is 7.48. The van der Waals surface area contributed by atoms with Crippen LogP contribution in [0.1, 0.15) is 37.5 Å². The van der Waals surface area contributed by atoms with Crippen LogP contribution >= 0.6 is 23.4 Å². The molecule has 3 aromatic carbocycles. The van der Waals surface area contributed by atoms with Crippen LogP contribution in [-0.2, 0) is 28.3 Å². The number of amides is 2. The molecule has 0 aliphatic rings. The number of carbonyl (C=O) groups excluding carboxylic acids is 2. The molecule has 0 fully saturated rings. The van der Waals surface area contributed by atoms with E-state index in [1.54, 1.807) is 29.2 Å². The molecule has 9 heteroatoms. The molecule has 3 rings (SSSR count).